The number of Topliss-reactive ketones (excluding diaryl/α,β-unsaturated/α-hetero) is 1. The molecule has 0 saturated carbocycles. The second-order valence-corrected chi connectivity index (χ2v) is 8.12. The first-order valence-corrected chi connectivity index (χ1v) is 10.6. The summed E-state index contributed by atoms with van der Waals surface area (Å²) in [6, 6.07) is 18.6. The van der Waals surface area contributed by atoms with Gasteiger partial charge in [-0.1, -0.05) is 55.5 Å². The van der Waals surface area contributed by atoms with Gasteiger partial charge in [0.1, 0.15) is 0 Å². The van der Waals surface area contributed by atoms with Crippen molar-refractivity contribution < 1.29 is 14.3 Å². The van der Waals surface area contributed by atoms with Crippen LogP contribution in [0.5, 0.6) is 0 Å². The molecule has 2 heterocycles. The number of para-hydroxylation sites is 1. The summed E-state index contributed by atoms with van der Waals surface area (Å²) in [5.74, 6) is -0.918. The molecular formula is C25H28N2O3. The molecule has 5 heteroatoms. The predicted molar refractivity (Wildman–Crippen MR) is 118 cm³/mol. The first kappa shape index (κ1) is 20.4. The number of esters is 1. The van der Waals surface area contributed by atoms with E-state index in [0.29, 0.717) is 11.5 Å². The number of likely N-dealkylation sites (tertiary alicyclic amines) is 1. The standard InChI is InChI=1S/C25H28N2O3/c1-4-30-25(29)24(28)23-18(3)27(21-13-9-8-12-20(21)23)22-16-26(14-17(22)2)15-19-10-6-5-7-11-19/h5-13,17,22H,4,14-16H2,1-3H3/t17-,22+/m1/s1. The molecule has 2 aromatic carbocycles. The SMILES string of the molecule is CCOC(=O)C(=O)c1c(C)n([C@H]2CN(Cc3ccccc3)C[C@H]2C)c2ccccc12. The van der Waals surface area contributed by atoms with E-state index in [1.165, 1.54) is 5.56 Å². The molecule has 1 saturated heterocycles. The van der Waals surface area contributed by atoms with Crippen molar-refractivity contribution in [2.24, 2.45) is 5.92 Å². The maximum Gasteiger partial charge on any atom is 0.379 e. The Morgan fingerprint density at radius 2 is 1.73 bits per heavy atom. The first-order valence-electron chi connectivity index (χ1n) is 10.6. The zero-order valence-electron chi connectivity index (χ0n) is 17.8. The molecule has 30 heavy (non-hydrogen) atoms. The molecule has 1 aliphatic rings. The first-order chi connectivity index (χ1) is 14.5. The second-order valence-electron chi connectivity index (χ2n) is 8.12. The van der Waals surface area contributed by atoms with Gasteiger partial charge in [0, 0.05) is 36.2 Å². The topological polar surface area (TPSA) is 51.5 Å². The Morgan fingerprint density at radius 1 is 1.03 bits per heavy atom. The van der Waals surface area contributed by atoms with Gasteiger partial charge in [-0.2, -0.15) is 0 Å². The van der Waals surface area contributed by atoms with E-state index in [1.54, 1.807) is 6.92 Å². The third-order valence-electron chi connectivity index (χ3n) is 6.07. The number of benzene rings is 2. The molecule has 1 fully saturated rings. The summed E-state index contributed by atoms with van der Waals surface area (Å²) in [7, 11) is 0. The summed E-state index contributed by atoms with van der Waals surface area (Å²) in [4.78, 5) is 27.6. The Bertz CT molecular complexity index is 1070. The fraction of sp³-hybridized carbons (Fsp3) is 0.360. The molecule has 3 aromatic rings. The molecule has 5 nitrogen and oxygen atoms in total. The molecule has 0 bridgehead atoms. The number of aromatic nitrogens is 1. The summed E-state index contributed by atoms with van der Waals surface area (Å²) in [5, 5.41) is 0.821. The van der Waals surface area contributed by atoms with E-state index in [-0.39, 0.29) is 12.6 Å². The van der Waals surface area contributed by atoms with Crippen LogP contribution in [0.3, 0.4) is 0 Å². The van der Waals surface area contributed by atoms with Crippen LogP contribution in [0.1, 0.15) is 41.5 Å². The largest absolute Gasteiger partial charge is 0.460 e. The molecular weight excluding hydrogens is 376 g/mol. The zero-order valence-corrected chi connectivity index (χ0v) is 17.8. The van der Waals surface area contributed by atoms with Crippen molar-refractivity contribution in [3.05, 3.63) is 71.4 Å². The predicted octanol–water partition coefficient (Wildman–Crippen LogP) is 4.39. The van der Waals surface area contributed by atoms with Crippen LogP contribution in [0.4, 0.5) is 0 Å². The summed E-state index contributed by atoms with van der Waals surface area (Å²) in [5.41, 5.74) is 3.61. The molecule has 156 valence electrons. The van der Waals surface area contributed by atoms with Crippen LogP contribution in [0.15, 0.2) is 54.6 Å². The lowest BCUT2D eigenvalue weighted by molar-refractivity contribution is -0.137. The van der Waals surface area contributed by atoms with Crippen molar-refractivity contribution in [1.82, 2.24) is 9.47 Å². The normalized spacial score (nSPS) is 19.3. The van der Waals surface area contributed by atoms with E-state index in [2.05, 4.69) is 40.7 Å². The Morgan fingerprint density at radius 3 is 2.47 bits per heavy atom. The number of carbonyl (C=O) groups is 2. The van der Waals surface area contributed by atoms with E-state index < -0.39 is 11.8 Å². The van der Waals surface area contributed by atoms with E-state index in [4.69, 9.17) is 4.74 Å². The fourth-order valence-corrected chi connectivity index (χ4v) is 4.76. The van der Waals surface area contributed by atoms with Crippen LogP contribution in [-0.2, 0) is 16.1 Å². The molecule has 0 spiro atoms. The molecule has 0 aliphatic carbocycles. The van der Waals surface area contributed by atoms with Crippen molar-refractivity contribution in [3.63, 3.8) is 0 Å². The van der Waals surface area contributed by atoms with Crippen molar-refractivity contribution in [2.75, 3.05) is 19.7 Å². The van der Waals surface area contributed by atoms with Gasteiger partial charge in [0.25, 0.3) is 5.78 Å². The maximum atomic E-state index is 12.9. The van der Waals surface area contributed by atoms with Crippen LogP contribution in [0.2, 0.25) is 0 Å². The second kappa shape index (κ2) is 8.44. The highest BCUT2D eigenvalue weighted by molar-refractivity contribution is 6.43. The summed E-state index contributed by atoms with van der Waals surface area (Å²) >= 11 is 0. The maximum absolute atomic E-state index is 12.9. The Labute approximate surface area is 177 Å². The fourth-order valence-electron chi connectivity index (χ4n) is 4.76. The number of carbonyl (C=O) groups excluding carboxylic acids is 2. The molecule has 0 unspecified atom stereocenters. The molecule has 0 N–H and O–H groups in total. The molecule has 1 aliphatic heterocycles. The van der Waals surface area contributed by atoms with Gasteiger partial charge in [-0.3, -0.25) is 9.69 Å². The average molecular weight is 405 g/mol. The lowest BCUT2D eigenvalue weighted by atomic mass is 10.1. The summed E-state index contributed by atoms with van der Waals surface area (Å²) in [6.45, 7) is 8.92. The third-order valence-corrected chi connectivity index (χ3v) is 6.07. The minimum Gasteiger partial charge on any atom is -0.460 e. The summed E-state index contributed by atoms with van der Waals surface area (Å²) in [6.07, 6.45) is 0. The smallest absolute Gasteiger partial charge is 0.379 e. The van der Waals surface area contributed by atoms with Gasteiger partial charge >= 0.3 is 5.97 Å². The van der Waals surface area contributed by atoms with Gasteiger partial charge in [0.05, 0.1) is 18.2 Å². The number of hydrogen-bond donors (Lipinski definition) is 0. The Balaban J connectivity index is 1.70. The van der Waals surface area contributed by atoms with Crippen LogP contribution in [-0.4, -0.2) is 40.9 Å². The minimum atomic E-state index is -0.784. The number of hydrogen-bond acceptors (Lipinski definition) is 4. The number of rotatable bonds is 6. The van der Waals surface area contributed by atoms with Gasteiger partial charge in [0.2, 0.25) is 0 Å². The lowest BCUT2D eigenvalue weighted by Crippen LogP contribution is -2.22. The van der Waals surface area contributed by atoms with Crippen molar-refractivity contribution in [1.29, 1.82) is 0 Å². The number of nitrogens with zero attached hydrogens (tertiary/aromatic N) is 2. The highest BCUT2D eigenvalue weighted by Gasteiger charge is 2.35. The van der Waals surface area contributed by atoms with Gasteiger partial charge in [-0.15, -0.1) is 0 Å². The zero-order chi connectivity index (χ0) is 21.3. The Hall–Kier alpha value is -2.92. The van der Waals surface area contributed by atoms with E-state index in [1.807, 2.05) is 37.3 Å². The van der Waals surface area contributed by atoms with Crippen molar-refractivity contribution >= 4 is 22.7 Å². The molecule has 2 atom stereocenters. The van der Waals surface area contributed by atoms with Gasteiger partial charge in [0.15, 0.2) is 0 Å². The summed E-state index contributed by atoms with van der Waals surface area (Å²) < 4.78 is 7.26. The lowest BCUT2D eigenvalue weighted by Gasteiger charge is -2.21. The Kier molecular flexibility index (Phi) is 5.73. The quantitative estimate of drug-likeness (QED) is 0.347. The highest BCUT2D eigenvalue weighted by atomic mass is 16.5. The van der Waals surface area contributed by atoms with Crippen LogP contribution in [0.25, 0.3) is 10.9 Å². The highest BCUT2D eigenvalue weighted by Crippen LogP contribution is 2.36. The van der Waals surface area contributed by atoms with Crippen molar-refractivity contribution in [3.8, 4) is 0 Å². The van der Waals surface area contributed by atoms with Gasteiger partial charge in [-0.05, 0) is 31.4 Å². The number of ether oxygens (including phenoxy) is 1. The monoisotopic (exact) mass is 404 g/mol. The average Bonchev–Trinajstić information content (AvgIpc) is 3.24. The van der Waals surface area contributed by atoms with Gasteiger partial charge < -0.3 is 9.30 Å². The molecule has 4 rings (SSSR count). The molecule has 1 aromatic heterocycles. The van der Waals surface area contributed by atoms with E-state index in [9.17, 15) is 9.59 Å². The third kappa shape index (κ3) is 3.65. The minimum absolute atomic E-state index is 0.191. The van der Waals surface area contributed by atoms with Crippen LogP contribution < -0.4 is 0 Å². The molecule has 0 radical (unpaired) electrons. The number of ketones is 1. The van der Waals surface area contributed by atoms with E-state index >= 15 is 0 Å². The van der Waals surface area contributed by atoms with Crippen LogP contribution in [0, 0.1) is 12.8 Å². The number of fused-ring (bicyclic) bond motifs is 1. The molecule has 0 amide bonds. The van der Waals surface area contributed by atoms with Crippen LogP contribution >= 0.6 is 0 Å². The van der Waals surface area contributed by atoms with Gasteiger partial charge in [-0.25, -0.2) is 4.79 Å². The van der Waals surface area contributed by atoms with E-state index in [0.717, 1.165) is 36.2 Å². The van der Waals surface area contributed by atoms with Crippen molar-refractivity contribution in [2.45, 2.75) is 33.4 Å².